The number of nitrogen functional groups attached to an aromatic ring is 1. The number of nitrogens with zero attached hydrogens (tertiary/aromatic N) is 3. The van der Waals surface area contributed by atoms with E-state index in [4.69, 9.17) is 10.5 Å². The number of aromatic nitrogens is 3. The maximum Gasteiger partial charge on any atom is 0.323 e. The minimum Gasteiger partial charge on any atom is -0.464 e. The molecule has 0 aliphatic heterocycles. The molecule has 1 rings (SSSR count). The van der Waals surface area contributed by atoms with Crippen molar-refractivity contribution in [3.8, 4) is 6.01 Å². The van der Waals surface area contributed by atoms with Gasteiger partial charge in [-0.3, -0.25) is 0 Å². The van der Waals surface area contributed by atoms with Gasteiger partial charge in [-0.05, 0) is 25.7 Å². The molecule has 0 saturated heterocycles. The van der Waals surface area contributed by atoms with E-state index in [2.05, 4.69) is 34.1 Å². The van der Waals surface area contributed by atoms with Gasteiger partial charge < -0.3 is 15.8 Å². The molecule has 0 radical (unpaired) electrons. The van der Waals surface area contributed by atoms with Gasteiger partial charge in [-0.15, -0.1) is 0 Å². The fourth-order valence-corrected chi connectivity index (χ4v) is 1.36. The summed E-state index contributed by atoms with van der Waals surface area (Å²) in [6.07, 6.45) is 2.25. The number of anilines is 2. The molecule has 0 unspecified atom stereocenters. The molecule has 6 heteroatoms. The molecule has 0 amide bonds. The van der Waals surface area contributed by atoms with E-state index in [1.807, 2.05) is 6.92 Å². The second-order valence-electron chi connectivity index (χ2n) is 4.20. The maximum atomic E-state index is 5.56. The summed E-state index contributed by atoms with van der Waals surface area (Å²) in [5, 5.41) is 3.12. The highest BCUT2D eigenvalue weighted by molar-refractivity contribution is 5.32. The fourth-order valence-electron chi connectivity index (χ4n) is 1.36. The Morgan fingerprint density at radius 3 is 2.71 bits per heavy atom. The van der Waals surface area contributed by atoms with E-state index in [9.17, 15) is 0 Å². The molecular formula is C11H21N5O. The van der Waals surface area contributed by atoms with Crippen LogP contribution in [0.2, 0.25) is 0 Å². The largest absolute Gasteiger partial charge is 0.464 e. The first-order valence-electron chi connectivity index (χ1n) is 6.00. The predicted octanol–water partition coefficient (Wildman–Crippen LogP) is 1.70. The average molecular weight is 239 g/mol. The van der Waals surface area contributed by atoms with Crippen LogP contribution >= 0.6 is 0 Å². The third-order valence-electron chi connectivity index (χ3n) is 2.15. The highest BCUT2D eigenvalue weighted by Crippen LogP contribution is 2.09. The van der Waals surface area contributed by atoms with Crippen molar-refractivity contribution in [1.29, 1.82) is 0 Å². The van der Waals surface area contributed by atoms with Crippen LogP contribution in [0.15, 0.2) is 0 Å². The van der Waals surface area contributed by atoms with Crippen molar-refractivity contribution in [3.05, 3.63) is 0 Å². The Morgan fingerprint density at radius 1 is 1.29 bits per heavy atom. The monoisotopic (exact) mass is 239 g/mol. The lowest BCUT2D eigenvalue weighted by Crippen LogP contribution is -2.10. The first-order chi connectivity index (χ1) is 8.11. The maximum absolute atomic E-state index is 5.56. The van der Waals surface area contributed by atoms with Crippen LogP contribution in [0.4, 0.5) is 11.9 Å². The molecule has 0 aliphatic carbocycles. The number of nitrogens with one attached hydrogen (secondary N) is 1. The summed E-state index contributed by atoms with van der Waals surface area (Å²) < 4.78 is 5.19. The van der Waals surface area contributed by atoms with Gasteiger partial charge in [0.15, 0.2) is 0 Å². The van der Waals surface area contributed by atoms with Crippen molar-refractivity contribution in [2.75, 3.05) is 24.2 Å². The van der Waals surface area contributed by atoms with Gasteiger partial charge in [-0.2, -0.15) is 15.0 Å². The van der Waals surface area contributed by atoms with Crippen molar-refractivity contribution in [2.24, 2.45) is 5.92 Å². The Morgan fingerprint density at radius 2 is 2.06 bits per heavy atom. The molecule has 0 aliphatic rings. The summed E-state index contributed by atoms with van der Waals surface area (Å²) in [6.45, 7) is 7.61. The van der Waals surface area contributed by atoms with Gasteiger partial charge in [0.2, 0.25) is 11.9 Å². The van der Waals surface area contributed by atoms with Crippen molar-refractivity contribution in [3.63, 3.8) is 0 Å². The average Bonchev–Trinajstić information content (AvgIpc) is 2.24. The van der Waals surface area contributed by atoms with Crippen LogP contribution < -0.4 is 15.8 Å². The molecule has 0 spiro atoms. The fraction of sp³-hybridized carbons (Fsp3) is 0.727. The summed E-state index contributed by atoms with van der Waals surface area (Å²) in [5.41, 5.74) is 5.56. The standard InChI is InChI=1S/C11H21N5O/c1-4-17-11-15-9(12)14-10(16-11)13-7-5-6-8(2)3/h8H,4-7H2,1-3H3,(H3,12,13,14,15,16). The van der Waals surface area contributed by atoms with Crippen molar-refractivity contribution >= 4 is 11.9 Å². The van der Waals surface area contributed by atoms with E-state index in [1.54, 1.807) is 0 Å². The van der Waals surface area contributed by atoms with Gasteiger partial charge in [0.1, 0.15) is 0 Å². The molecule has 0 fully saturated rings. The molecule has 0 aromatic carbocycles. The summed E-state index contributed by atoms with van der Waals surface area (Å²) in [4.78, 5) is 12.0. The Kier molecular flexibility index (Phi) is 5.45. The molecule has 1 aromatic heterocycles. The lowest BCUT2D eigenvalue weighted by molar-refractivity contribution is 0.312. The van der Waals surface area contributed by atoms with Gasteiger partial charge in [0.05, 0.1) is 6.61 Å². The second-order valence-corrected chi connectivity index (χ2v) is 4.20. The van der Waals surface area contributed by atoms with Gasteiger partial charge in [0, 0.05) is 6.54 Å². The predicted molar refractivity (Wildman–Crippen MR) is 68.0 cm³/mol. The minimum atomic E-state index is 0.176. The van der Waals surface area contributed by atoms with Crippen LogP contribution in [-0.4, -0.2) is 28.1 Å². The van der Waals surface area contributed by atoms with Gasteiger partial charge in [0.25, 0.3) is 0 Å². The van der Waals surface area contributed by atoms with Gasteiger partial charge in [-0.1, -0.05) is 13.8 Å². The molecule has 6 nitrogen and oxygen atoms in total. The zero-order chi connectivity index (χ0) is 12.7. The van der Waals surface area contributed by atoms with Gasteiger partial charge >= 0.3 is 6.01 Å². The molecule has 96 valence electrons. The smallest absolute Gasteiger partial charge is 0.323 e. The molecule has 0 atom stereocenters. The van der Waals surface area contributed by atoms with Crippen LogP contribution in [0.5, 0.6) is 6.01 Å². The lowest BCUT2D eigenvalue weighted by atomic mass is 10.1. The normalized spacial score (nSPS) is 10.6. The Hall–Kier alpha value is -1.59. The number of rotatable bonds is 7. The Balaban J connectivity index is 2.46. The SMILES string of the molecule is CCOc1nc(N)nc(NCCCC(C)C)n1. The first kappa shape index (κ1) is 13.5. The van der Waals surface area contributed by atoms with E-state index in [0.29, 0.717) is 18.5 Å². The van der Waals surface area contributed by atoms with Crippen LogP contribution in [0.25, 0.3) is 0 Å². The minimum absolute atomic E-state index is 0.176. The topological polar surface area (TPSA) is 86.0 Å². The molecule has 0 bridgehead atoms. The number of ether oxygens (including phenoxy) is 1. The van der Waals surface area contributed by atoms with Gasteiger partial charge in [-0.25, -0.2) is 0 Å². The van der Waals surface area contributed by atoms with E-state index < -0.39 is 0 Å². The van der Waals surface area contributed by atoms with Crippen LogP contribution in [0.1, 0.15) is 33.6 Å². The first-order valence-corrected chi connectivity index (χ1v) is 6.00. The lowest BCUT2D eigenvalue weighted by Gasteiger charge is -2.08. The quantitative estimate of drug-likeness (QED) is 0.704. The number of hydrogen-bond acceptors (Lipinski definition) is 6. The van der Waals surface area contributed by atoms with Crippen molar-refractivity contribution in [2.45, 2.75) is 33.6 Å². The third kappa shape index (κ3) is 5.33. The highest BCUT2D eigenvalue weighted by Gasteiger charge is 2.04. The second kappa shape index (κ2) is 6.88. The molecule has 1 heterocycles. The molecule has 3 N–H and O–H groups in total. The number of hydrogen-bond donors (Lipinski definition) is 2. The zero-order valence-electron chi connectivity index (χ0n) is 10.7. The van der Waals surface area contributed by atoms with E-state index in [1.165, 1.54) is 6.42 Å². The molecule has 1 aromatic rings. The summed E-state index contributed by atoms with van der Waals surface area (Å²) in [6, 6.07) is 0.270. The van der Waals surface area contributed by atoms with Crippen molar-refractivity contribution in [1.82, 2.24) is 15.0 Å². The number of nitrogens with two attached hydrogens (primary N) is 1. The zero-order valence-corrected chi connectivity index (χ0v) is 10.7. The van der Waals surface area contributed by atoms with E-state index in [-0.39, 0.29) is 12.0 Å². The van der Waals surface area contributed by atoms with E-state index in [0.717, 1.165) is 13.0 Å². The van der Waals surface area contributed by atoms with Crippen LogP contribution in [0.3, 0.4) is 0 Å². The summed E-state index contributed by atoms with van der Waals surface area (Å²) >= 11 is 0. The molecule has 0 saturated carbocycles. The molecular weight excluding hydrogens is 218 g/mol. The summed E-state index contributed by atoms with van der Waals surface area (Å²) in [7, 11) is 0. The highest BCUT2D eigenvalue weighted by atomic mass is 16.5. The van der Waals surface area contributed by atoms with E-state index >= 15 is 0 Å². The van der Waals surface area contributed by atoms with Crippen LogP contribution in [0, 0.1) is 5.92 Å². The Bertz CT molecular complexity index is 343. The third-order valence-corrected chi connectivity index (χ3v) is 2.15. The molecule has 17 heavy (non-hydrogen) atoms. The van der Waals surface area contributed by atoms with Crippen LogP contribution in [-0.2, 0) is 0 Å². The summed E-state index contributed by atoms with van der Waals surface area (Å²) in [5.74, 6) is 1.36. The Labute approximate surface area is 102 Å². The van der Waals surface area contributed by atoms with Crippen molar-refractivity contribution < 1.29 is 4.74 Å².